The second-order valence-electron chi connectivity index (χ2n) is 4.25. The zero-order valence-electron chi connectivity index (χ0n) is 9.57. The maximum absolute atomic E-state index is 5.85. The molecule has 1 heterocycles. The summed E-state index contributed by atoms with van der Waals surface area (Å²) in [6.07, 6.45) is 4.91. The third kappa shape index (κ3) is 2.72. The van der Waals surface area contributed by atoms with Crippen LogP contribution >= 0.6 is 11.6 Å². The van der Waals surface area contributed by atoms with Crippen LogP contribution in [0.25, 0.3) is 0 Å². The van der Waals surface area contributed by atoms with Gasteiger partial charge >= 0.3 is 0 Å². The van der Waals surface area contributed by atoms with E-state index in [1.807, 2.05) is 19.0 Å². The first kappa shape index (κ1) is 11.4. The molecule has 5 nitrogen and oxygen atoms in total. The lowest BCUT2D eigenvalue weighted by atomic mass is 10.3. The summed E-state index contributed by atoms with van der Waals surface area (Å²) in [6.45, 7) is 0. The van der Waals surface area contributed by atoms with Crippen molar-refractivity contribution in [3.8, 4) is 0 Å². The van der Waals surface area contributed by atoms with Crippen molar-refractivity contribution in [2.24, 2.45) is 0 Å². The van der Waals surface area contributed by atoms with Gasteiger partial charge in [0.1, 0.15) is 0 Å². The van der Waals surface area contributed by atoms with Gasteiger partial charge in [0, 0.05) is 20.1 Å². The molecule has 0 aromatic carbocycles. The van der Waals surface area contributed by atoms with E-state index >= 15 is 0 Å². The second kappa shape index (κ2) is 4.82. The molecule has 88 valence electrons. The number of anilines is 2. The molecule has 0 amide bonds. The Morgan fingerprint density at radius 1 is 1.19 bits per heavy atom. The fourth-order valence-electron chi connectivity index (χ4n) is 1.86. The van der Waals surface area contributed by atoms with Crippen molar-refractivity contribution in [2.75, 3.05) is 24.3 Å². The van der Waals surface area contributed by atoms with Gasteiger partial charge in [-0.05, 0) is 24.4 Å². The van der Waals surface area contributed by atoms with Gasteiger partial charge in [0.05, 0.1) is 0 Å². The van der Waals surface area contributed by atoms with Crippen LogP contribution in [0.2, 0.25) is 5.28 Å². The van der Waals surface area contributed by atoms with E-state index in [1.165, 1.54) is 25.7 Å². The van der Waals surface area contributed by atoms with Gasteiger partial charge < -0.3 is 10.2 Å². The van der Waals surface area contributed by atoms with Crippen molar-refractivity contribution in [1.29, 1.82) is 0 Å². The minimum Gasteiger partial charge on any atom is -0.351 e. The van der Waals surface area contributed by atoms with Crippen LogP contribution < -0.4 is 10.2 Å². The van der Waals surface area contributed by atoms with E-state index in [-0.39, 0.29) is 5.28 Å². The summed E-state index contributed by atoms with van der Waals surface area (Å²) in [4.78, 5) is 14.2. The lowest BCUT2D eigenvalue weighted by Crippen LogP contribution is -2.19. The third-order valence-electron chi connectivity index (χ3n) is 2.68. The van der Waals surface area contributed by atoms with Crippen LogP contribution in [-0.4, -0.2) is 35.1 Å². The third-order valence-corrected chi connectivity index (χ3v) is 2.85. The molecule has 1 aromatic heterocycles. The summed E-state index contributed by atoms with van der Waals surface area (Å²) in [5.74, 6) is 1.16. The Morgan fingerprint density at radius 3 is 2.50 bits per heavy atom. The first-order valence-electron chi connectivity index (χ1n) is 5.50. The zero-order valence-corrected chi connectivity index (χ0v) is 10.3. The van der Waals surface area contributed by atoms with Crippen LogP contribution in [0.15, 0.2) is 0 Å². The van der Waals surface area contributed by atoms with Gasteiger partial charge in [0.25, 0.3) is 0 Å². The molecule has 1 N–H and O–H groups in total. The summed E-state index contributed by atoms with van der Waals surface area (Å²) in [7, 11) is 3.76. The fraction of sp³-hybridized carbons (Fsp3) is 0.700. The number of halogens is 1. The molecule has 0 radical (unpaired) electrons. The van der Waals surface area contributed by atoms with Crippen molar-refractivity contribution in [3.63, 3.8) is 0 Å². The summed E-state index contributed by atoms with van der Waals surface area (Å²) in [5.41, 5.74) is 0. The quantitative estimate of drug-likeness (QED) is 0.877. The zero-order chi connectivity index (χ0) is 11.5. The van der Waals surface area contributed by atoms with Crippen LogP contribution in [0.1, 0.15) is 25.7 Å². The van der Waals surface area contributed by atoms with Gasteiger partial charge in [-0.3, -0.25) is 0 Å². The normalized spacial score (nSPS) is 16.4. The predicted molar refractivity (Wildman–Crippen MR) is 65.0 cm³/mol. The van der Waals surface area contributed by atoms with Gasteiger partial charge in [-0.15, -0.1) is 0 Å². The van der Waals surface area contributed by atoms with Crippen LogP contribution in [0.5, 0.6) is 0 Å². The molecule has 1 aromatic rings. The predicted octanol–water partition coefficient (Wildman–Crippen LogP) is 1.95. The van der Waals surface area contributed by atoms with Crippen LogP contribution in [0, 0.1) is 0 Å². The van der Waals surface area contributed by atoms with E-state index < -0.39 is 0 Å². The average molecular weight is 242 g/mol. The molecule has 0 atom stereocenters. The fourth-order valence-corrected chi connectivity index (χ4v) is 2.01. The maximum Gasteiger partial charge on any atom is 0.230 e. The van der Waals surface area contributed by atoms with Crippen LogP contribution in [-0.2, 0) is 0 Å². The molecule has 2 rings (SSSR count). The number of nitrogens with one attached hydrogen (secondary N) is 1. The number of hydrogen-bond donors (Lipinski definition) is 1. The van der Waals surface area contributed by atoms with Crippen molar-refractivity contribution in [2.45, 2.75) is 31.7 Å². The van der Waals surface area contributed by atoms with Crippen molar-refractivity contribution < 1.29 is 0 Å². The molecule has 0 unspecified atom stereocenters. The minimum absolute atomic E-state index is 0.235. The van der Waals surface area contributed by atoms with E-state index in [9.17, 15) is 0 Å². The lowest BCUT2D eigenvalue weighted by Gasteiger charge is -2.14. The molecular weight excluding hydrogens is 226 g/mol. The Hall–Kier alpha value is -1.10. The Morgan fingerprint density at radius 2 is 1.88 bits per heavy atom. The molecule has 16 heavy (non-hydrogen) atoms. The van der Waals surface area contributed by atoms with E-state index in [0.717, 1.165) is 0 Å². The van der Waals surface area contributed by atoms with E-state index in [2.05, 4.69) is 20.3 Å². The molecule has 1 saturated carbocycles. The summed E-state index contributed by atoms with van der Waals surface area (Å²) >= 11 is 5.85. The molecule has 1 aliphatic rings. The van der Waals surface area contributed by atoms with Crippen molar-refractivity contribution in [1.82, 2.24) is 15.0 Å². The molecule has 0 saturated heterocycles. The standard InChI is InChI=1S/C10H16ClN5/c1-16(2)10-14-8(11)13-9(15-10)12-7-5-3-4-6-7/h7H,3-6H2,1-2H3,(H,12,13,14,15). The van der Waals surface area contributed by atoms with E-state index in [4.69, 9.17) is 11.6 Å². The monoisotopic (exact) mass is 241 g/mol. The van der Waals surface area contributed by atoms with Crippen LogP contribution in [0.3, 0.4) is 0 Å². The average Bonchev–Trinajstić information content (AvgIpc) is 2.69. The van der Waals surface area contributed by atoms with Gasteiger partial charge in [0.2, 0.25) is 17.2 Å². The summed E-state index contributed by atoms with van der Waals surface area (Å²) in [5, 5.41) is 3.54. The van der Waals surface area contributed by atoms with Crippen molar-refractivity contribution in [3.05, 3.63) is 5.28 Å². The number of rotatable bonds is 3. The smallest absolute Gasteiger partial charge is 0.230 e. The highest BCUT2D eigenvalue weighted by atomic mass is 35.5. The second-order valence-corrected chi connectivity index (χ2v) is 4.59. The van der Waals surface area contributed by atoms with Gasteiger partial charge in [-0.1, -0.05) is 12.8 Å². The van der Waals surface area contributed by atoms with Gasteiger partial charge in [0.15, 0.2) is 0 Å². The topological polar surface area (TPSA) is 53.9 Å². The highest BCUT2D eigenvalue weighted by Gasteiger charge is 2.16. The SMILES string of the molecule is CN(C)c1nc(Cl)nc(NC2CCCC2)n1. The Bertz CT molecular complexity index is 362. The number of aromatic nitrogens is 3. The van der Waals surface area contributed by atoms with E-state index in [1.54, 1.807) is 0 Å². The highest BCUT2D eigenvalue weighted by molar-refractivity contribution is 6.28. The summed E-state index contributed by atoms with van der Waals surface area (Å²) in [6, 6.07) is 0.480. The molecular formula is C10H16ClN5. The molecule has 0 spiro atoms. The van der Waals surface area contributed by atoms with E-state index in [0.29, 0.717) is 17.9 Å². The van der Waals surface area contributed by atoms with Crippen molar-refractivity contribution >= 4 is 23.5 Å². The largest absolute Gasteiger partial charge is 0.351 e. The van der Waals surface area contributed by atoms with Crippen LogP contribution in [0.4, 0.5) is 11.9 Å². The lowest BCUT2D eigenvalue weighted by molar-refractivity contribution is 0.741. The maximum atomic E-state index is 5.85. The summed E-state index contributed by atoms with van der Waals surface area (Å²) < 4.78 is 0. The Labute approximate surface area is 100 Å². The first-order chi connectivity index (χ1) is 7.65. The number of hydrogen-bond acceptors (Lipinski definition) is 5. The molecule has 1 aliphatic carbocycles. The molecule has 1 fully saturated rings. The molecule has 0 aliphatic heterocycles. The highest BCUT2D eigenvalue weighted by Crippen LogP contribution is 2.21. The molecule has 0 bridgehead atoms. The minimum atomic E-state index is 0.235. The first-order valence-corrected chi connectivity index (χ1v) is 5.88. The Balaban J connectivity index is 2.13. The molecule has 6 heteroatoms. The Kier molecular flexibility index (Phi) is 3.43. The van der Waals surface area contributed by atoms with Gasteiger partial charge in [-0.2, -0.15) is 15.0 Å². The number of nitrogens with zero attached hydrogens (tertiary/aromatic N) is 4. The van der Waals surface area contributed by atoms with Gasteiger partial charge in [-0.25, -0.2) is 0 Å².